The first-order chi connectivity index (χ1) is 15.0. The molecule has 0 aliphatic carbocycles. The maximum Gasteiger partial charge on any atom is 0.414 e. The Labute approximate surface area is 185 Å². The van der Waals surface area contributed by atoms with Crippen LogP contribution in [0.15, 0.2) is 22.6 Å². The Balaban J connectivity index is 1.68. The van der Waals surface area contributed by atoms with E-state index >= 15 is 0 Å². The summed E-state index contributed by atoms with van der Waals surface area (Å²) in [4.78, 5) is 11.6. The molecule has 0 spiro atoms. The SMILES string of the molecule is CC(=O)N[C@H]1CC[C@H](c2nnc(OCC(C)C(F)(F)F)o2)NC1Oc1ccc(Cl)c(F)c1. The number of hydrogen-bond acceptors (Lipinski definition) is 7. The Morgan fingerprint density at radius 3 is 2.78 bits per heavy atom. The van der Waals surface area contributed by atoms with Crippen LogP contribution in [0.3, 0.4) is 0 Å². The van der Waals surface area contributed by atoms with E-state index in [2.05, 4.69) is 20.8 Å². The van der Waals surface area contributed by atoms with Gasteiger partial charge in [-0.25, -0.2) is 4.39 Å². The molecule has 1 aromatic carbocycles. The Bertz CT molecular complexity index is 942. The second-order valence-corrected chi connectivity index (χ2v) is 7.79. The molecule has 1 aliphatic heterocycles. The van der Waals surface area contributed by atoms with Crippen LogP contribution in [0.4, 0.5) is 17.6 Å². The van der Waals surface area contributed by atoms with Crippen molar-refractivity contribution >= 4 is 17.5 Å². The van der Waals surface area contributed by atoms with Crippen molar-refractivity contribution in [1.29, 1.82) is 0 Å². The number of alkyl halides is 3. The van der Waals surface area contributed by atoms with Gasteiger partial charge in [-0.1, -0.05) is 23.6 Å². The summed E-state index contributed by atoms with van der Waals surface area (Å²) in [5.41, 5.74) is 0. The number of amides is 1. The summed E-state index contributed by atoms with van der Waals surface area (Å²) in [6, 6.07) is 2.94. The summed E-state index contributed by atoms with van der Waals surface area (Å²) >= 11 is 5.69. The fourth-order valence-electron chi connectivity index (χ4n) is 3.02. The molecule has 0 radical (unpaired) electrons. The number of benzene rings is 1. The number of carbonyl (C=O) groups excluding carboxylic acids is 1. The molecule has 13 heteroatoms. The third kappa shape index (κ3) is 6.22. The first-order valence-electron chi connectivity index (χ1n) is 9.70. The van der Waals surface area contributed by atoms with E-state index in [4.69, 9.17) is 25.5 Å². The van der Waals surface area contributed by atoms with Gasteiger partial charge in [0.25, 0.3) is 0 Å². The molecule has 2 N–H and O–H groups in total. The predicted octanol–water partition coefficient (Wildman–Crippen LogP) is 3.77. The lowest BCUT2D eigenvalue weighted by atomic mass is 9.98. The van der Waals surface area contributed by atoms with Crippen LogP contribution < -0.4 is 20.1 Å². The fraction of sp³-hybridized carbons (Fsp3) is 0.526. The van der Waals surface area contributed by atoms with Crippen LogP contribution in [0.1, 0.15) is 38.6 Å². The molecular formula is C19H21ClF4N4O4. The number of aromatic nitrogens is 2. The number of nitrogens with one attached hydrogen (secondary N) is 2. The normalized spacial score (nSPS) is 22.3. The number of rotatable bonds is 7. The van der Waals surface area contributed by atoms with Crippen molar-refractivity contribution < 1.29 is 36.2 Å². The van der Waals surface area contributed by atoms with Crippen molar-refractivity contribution in [2.75, 3.05) is 6.61 Å². The first kappa shape index (κ1) is 24.1. The third-order valence-electron chi connectivity index (χ3n) is 4.78. The van der Waals surface area contributed by atoms with E-state index in [1.165, 1.54) is 19.1 Å². The highest BCUT2D eigenvalue weighted by Gasteiger charge is 2.38. The topological polar surface area (TPSA) is 98.5 Å². The zero-order valence-corrected chi connectivity index (χ0v) is 17.8. The van der Waals surface area contributed by atoms with Crippen molar-refractivity contribution in [3.05, 3.63) is 34.9 Å². The Kier molecular flexibility index (Phi) is 7.44. The molecule has 3 rings (SSSR count). The second kappa shape index (κ2) is 9.90. The molecule has 0 bridgehead atoms. The number of carbonyl (C=O) groups is 1. The van der Waals surface area contributed by atoms with Gasteiger partial charge in [-0.2, -0.15) is 13.2 Å². The quantitative estimate of drug-likeness (QED) is 0.582. The van der Waals surface area contributed by atoms with E-state index in [-0.39, 0.29) is 28.6 Å². The summed E-state index contributed by atoms with van der Waals surface area (Å²) in [6.45, 7) is 1.67. The Morgan fingerprint density at radius 2 is 2.12 bits per heavy atom. The minimum atomic E-state index is -4.40. The molecule has 8 nitrogen and oxygen atoms in total. The van der Waals surface area contributed by atoms with Crippen LogP contribution in [0.5, 0.6) is 11.8 Å². The highest BCUT2D eigenvalue weighted by atomic mass is 35.5. The van der Waals surface area contributed by atoms with Gasteiger partial charge in [-0.15, -0.1) is 5.10 Å². The lowest BCUT2D eigenvalue weighted by molar-refractivity contribution is -0.177. The van der Waals surface area contributed by atoms with E-state index in [9.17, 15) is 22.4 Å². The lowest BCUT2D eigenvalue weighted by Crippen LogP contribution is -2.56. The van der Waals surface area contributed by atoms with Gasteiger partial charge in [0.1, 0.15) is 18.2 Å². The molecule has 1 aromatic heterocycles. The molecule has 176 valence electrons. The molecule has 2 aromatic rings. The summed E-state index contributed by atoms with van der Waals surface area (Å²) in [7, 11) is 0. The van der Waals surface area contributed by atoms with Gasteiger partial charge in [0.15, 0.2) is 6.23 Å². The molecule has 4 atom stereocenters. The Hall–Kier alpha value is -2.60. The van der Waals surface area contributed by atoms with E-state index in [1.807, 2.05) is 0 Å². The summed E-state index contributed by atoms with van der Waals surface area (Å²) in [5.74, 6) is -2.40. The molecule has 1 fully saturated rings. The van der Waals surface area contributed by atoms with Crippen LogP contribution in [0, 0.1) is 11.7 Å². The summed E-state index contributed by atoms with van der Waals surface area (Å²) in [5, 5.41) is 13.2. The van der Waals surface area contributed by atoms with Crippen LogP contribution in [0.25, 0.3) is 0 Å². The van der Waals surface area contributed by atoms with Crippen LogP contribution in [-0.4, -0.2) is 41.2 Å². The van der Waals surface area contributed by atoms with Crippen molar-refractivity contribution in [3.63, 3.8) is 0 Å². The number of halogens is 5. The highest BCUT2D eigenvalue weighted by Crippen LogP contribution is 2.30. The fourth-order valence-corrected chi connectivity index (χ4v) is 3.14. The predicted molar refractivity (Wildman–Crippen MR) is 104 cm³/mol. The van der Waals surface area contributed by atoms with Crippen LogP contribution in [-0.2, 0) is 4.79 Å². The molecule has 1 saturated heterocycles. The van der Waals surface area contributed by atoms with Gasteiger partial charge in [0.2, 0.25) is 11.8 Å². The standard InChI is InChI=1S/C19H21ClF4N4O4/c1-9(19(22,23)24)8-30-18-28-27-17(32-18)15-6-5-14(25-10(2)29)16(26-15)31-11-3-4-12(20)13(21)7-11/h3-4,7,9,14-16,26H,5-6,8H2,1-2H3,(H,25,29)/t9?,14-,15+,16?/m0/s1. The lowest BCUT2D eigenvalue weighted by Gasteiger charge is -2.36. The average Bonchev–Trinajstić information content (AvgIpc) is 3.18. The van der Waals surface area contributed by atoms with Gasteiger partial charge in [0.05, 0.1) is 23.0 Å². The molecule has 1 aliphatic rings. The third-order valence-corrected chi connectivity index (χ3v) is 5.08. The van der Waals surface area contributed by atoms with Gasteiger partial charge in [-0.3, -0.25) is 10.1 Å². The van der Waals surface area contributed by atoms with E-state index in [1.54, 1.807) is 0 Å². The number of hydrogen-bond donors (Lipinski definition) is 2. The molecule has 32 heavy (non-hydrogen) atoms. The summed E-state index contributed by atoms with van der Waals surface area (Å²) in [6.07, 6.45) is -4.70. The number of nitrogens with zero attached hydrogens (tertiary/aromatic N) is 2. The van der Waals surface area contributed by atoms with Crippen molar-refractivity contribution in [3.8, 4) is 11.8 Å². The monoisotopic (exact) mass is 480 g/mol. The summed E-state index contributed by atoms with van der Waals surface area (Å²) < 4.78 is 67.7. The minimum absolute atomic E-state index is 0.0662. The van der Waals surface area contributed by atoms with Gasteiger partial charge < -0.3 is 19.2 Å². The van der Waals surface area contributed by atoms with E-state index in [0.29, 0.717) is 12.8 Å². The van der Waals surface area contributed by atoms with Gasteiger partial charge in [-0.05, 0) is 25.0 Å². The number of piperidine rings is 1. The minimum Gasteiger partial charge on any atom is -0.473 e. The molecule has 2 unspecified atom stereocenters. The molecule has 2 heterocycles. The second-order valence-electron chi connectivity index (χ2n) is 7.38. The van der Waals surface area contributed by atoms with E-state index < -0.39 is 42.8 Å². The Morgan fingerprint density at radius 1 is 1.38 bits per heavy atom. The van der Waals surface area contributed by atoms with Crippen molar-refractivity contribution in [2.45, 2.75) is 51.2 Å². The van der Waals surface area contributed by atoms with Crippen LogP contribution in [0.2, 0.25) is 5.02 Å². The smallest absolute Gasteiger partial charge is 0.414 e. The first-order valence-corrected chi connectivity index (χ1v) is 10.1. The molecule has 1 amide bonds. The zero-order valence-electron chi connectivity index (χ0n) is 17.1. The van der Waals surface area contributed by atoms with Gasteiger partial charge >= 0.3 is 12.3 Å². The molecule has 0 saturated carbocycles. The largest absolute Gasteiger partial charge is 0.473 e. The zero-order chi connectivity index (χ0) is 23.5. The van der Waals surface area contributed by atoms with Crippen molar-refractivity contribution in [1.82, 2.24) is 20.8 Å². The highest BCUT2D eigenvalue weighted by molar-refractivity contribution is 6.30. The maximum atomic E-state index is 13.8. The molecular weight excluding hydrogens is 460 g/mol. The van der Waals surface area contributed by atoms with Crippen molar-refractivity contribution in [2.24, 2.45) is 5.92 Å². The maximum absolute atomic E-state index is 13.8. The van der Waals surface area contributed by atoms with E-state index in [0.717, 1.165) is 13.0 Å². The number of ether oxygens (including phenoxy) is 2. The average molecular weight is 481 g/mol. The van der Waals surface area contributed by atoms with Crippen LogP contribution >= 0.6 is 11.6 Å². The van der Waals surface area contributed by atoms with Gasteiger partial charge in [0, 0.05) is 13.0 Å².